The molecule has 1 amide bonds. The molecule has 2 rings (SSSR count). The van der Waals surface area contributed by atoms with Crippen molar-refractivity contribution < 1.29 is 9.90 Å². The van der Waals surface area contributed by atoms with E-state index in [1.165, 1.54) is 12.8 Å². The summed E-state index contributed by atoms with van der Waals surface area (Å²) in [5.41, 5.74) is 1.94. The molecule has 3 N–H and O–H groups in total. The number of aryl methyl sites for hydroxylation is 1. The summed E-state index contributed by atoms with van der Waals surface area (Å²) in [7, 11) is 0. The molecule has 4 heteroatoms. The summed E-state index contributed by atoms with van der Waals surface area (Å²) in [4.78, 5) is 11.9. The van der Waals surface area contributed by atoms with Gasteiger partial charge in [-0.05, 0) is 37.5 Å². The van der Waals surface area contributed by atoms with Crippen molar-refractivity contribution in [3.63, 3.8) is 0 Å². The van der Waals surface area contributed by atoms with Crippen molar-refractivity contribution in [2.45, 2.75) is 32.6 Å². The Hall–Kier alpha value is -1.39. The maximum absolute atomic E-state index is 11.9. The van der Waals surface area contributed by atoms with Gasteiger partial charge in [-0.15, -0.1) is 0 Å². The summed E-state index contributed by atoms with van der Waals surface area (Å²) in [5, 5.41) is 15.6. The molecule has 0 unspecified atom stereocenters. The second-order valence-corrected chi connectivity index (χ2v) is 5.89. The summed E-state index contributed by atoms with van der Waals surface area (Å²) in [6.07, 6.45) is 4.46. The van der Waals surface area contributed by atoms with E-state index in [1.807, 2.05) is 31.2 Å². The van der Waals surface area contributed by atoms with Crippen molar-refractivity contribution in [1.82, 2.24) is 5.32 Å². The molecule has 1 aromatic rings. The van der Waals surface area contributed by atoms with Crippen LogP contribution < -0.4 is 10.6 Å². The van der Waals surface area contributed by atoms with E-state index in [9.17, 15) is 9.90 Å². The van der Waals surface area contributed by atoms with Crippen LogP contribution >= 0.6 is 0 Å². The summed E-state index contributed by atoms with van der Waals surface area (Å²) in [6.45, 7) is 3.21. The number of aliphatic hydroxyl groups excluding tert-OH is 1. The minimum Gasteiger partial charge on any atom is -0.396 e. The molecule has 0 spiro atoms. The zero-order valence-electron chi connectivity index (χ0n) is 12.1. The highest BCUT2D eigenvalue weighted by atomic mass is 16.3. The Morgan fingerprint density at radius 3 is 2.75 bits per heavy atom. The highest BCUT2D eigenvalue weighted by molar-refractivity contribution is 5.92. The number of hydrogen-bond donors (Lipinski definition) is 3. The summed E-state index contributed by atoms with van der Waals surface area (Å²) in [6, 6.07) is 7.76. The average molecular weight is 276 g/mol. The molecule has 1 aliphatic rings. The summed E-state index contributed by atoms with van der Waals surface area (Å²) < 4.78 is 0. The fraction of sp³-hybridized carbons (Fsp3) is 0.562. The number of rotatable bonds is 6. The second-order valence-electron chi connectivity index (χ2n) is 5.89. The lowest BCUT2D eigenvalue weighted by Crippen LogP contribution is -2.38. The molecule has 0 aliphatic heterocycles. The number of carbonyl (C=O) groups excluding carboxylic acids is 1. The van der Waals surface area contributed by atoms with Gasteiger partial charge in [-0.2, -0.15) is 0 Å². The molecule has 1 fully saturated rings. The van der Waals surface area contributed by atoms with Crippen LogP contribution in [0.5, 0.6) is 0 Å². The number of hydrogen-bond acceptors (Lipinski definition) is 3. The highest BCUT2D eigenvalue weighted by Crippen LogP contribution is 2.36. The van der Waals surface area contributed by atoms with E-state index in [0.717, 1.165) is 24.1 Å². The predicted molar refractivity (Wildman–Crippen MR) is 80.7 cm³/mol. The molecule has 110 valence electrons. The largest absolute Gasteiger partial charge is 0.396 e. The fourth-order valence-corrected chi connectivity index (χ4v) is 2.88. The predicted octanol–water partition coefficient (Wildman–Crippen LogP) is 2.08. The van der Waals surface area contributed by atoms with E-state index in [0.29, 0.717) is 6.54 Å². The van der Waals surface area contributed by atoms with Gasteiger partial charge < -0.3 is 15.7 Å². The number of carbonyl (C=O) groups is 1. The van der Waals surface area contributed by atoms with E-state index < -0.39 is 0 Å². The van der Waals surface area contributed by atoms with Crippen LogP contribution in [0.3, 0.4) is 0 Å². The highest BCUT2D eigenvalue weighted by Gasteiger charge is 2.32. The van der Waals surface area contributed by atoms with Crippen molar-refractivity contribution in [3.8, 4) is 0 Å². The van der Waals surface area contributed by atoms with Crippen LogP contribution in [0.15, 0.2) is 24.3 Å². The van der Waals surface area contributed by atoms with E-state index in [1.54, 1.807) is 0 Å². The Labute approximate surface area is 120 Å². The zero-order valence-corrected chi connectivity index (χ0v) is 12.1. The third kappa shape index (κ3) is 4.05. The second kappa shape index (κ2) is 6.86. The Morgan fingerprint density at radius 1 is 1.35 bits per heavy atom. The Balaban J connectivity index is 1.75. The average Bonchev–Trinajstić information content (AvgIpc) is 2.88. The third-order valence-corrected chi connectivity index (χ3v) is 4.09. The summed E-state index contributed by atoms with van der Waals surface area (Å²) in [5.74, 6) is -0.0401. The number of nitrogens with one attached hydrogen (secondary N) is 2. The number of benzene rings is 1. The van der Waals surface area contributed by atoms with Crippen LogP contribution in [-0.2, 0) is 4.79 Å². The number of anilines is 1. The monoisotopic (exact) mass is 276 g/mol. The molecule has 1 saturated carbocycles. The molecule has 0 atom stereocenters. The molecular weight excluding hydrogens is 252 g/mol. The van der Waals surface area contributed by atoms with Gasteiger partial charge in [0.1, 0.15) is 0 Å². The zero-order chi connectivity index (χ0) is 14.4. The third-order valence-electron chi connectivity index (χ3n) is 4.09. The molecule has 0 heterocycles. The lowest BCUT2D eigenvalue weighted by Gasteiger charge is -2.26. The van der Waals surface area contributed by atoms with Crippen LogP contribution in [0.4, 0.5) is 5.69 Å². The standard InChI is InChI=1S/C16H24N2O2/c1-13-5-4-6-14(9-13)18-15(20)10-17-11-16(12-19)7-2-3-8-16/h4-6,9,17,19H,2-3,7-8,10-12H2,1H3,(H,18,20). The number of aliphatic hydroxyl groups is 1. The molecule has 1 aromatic carbocycles. The molecule has 0 radical (unpaired) electrons. The maximum Gasteiger partial charge on any atom is 0.238 e. The van der Waals surface area contributed by atoms with Crippen molar-refractivity contribution in [2.24, 2.45) is 5.41 Å². The van der Waals surface area contributed by atoms with Gasteiger partial charge >= 0.3 is 0 Å². The smallest absolute Gasteiger partial charge is 0.238 e. The SMILES string of the molecule is Cc1cccc(NC(=O)CNCC2(CO)CCCC2)c1. The first-order valence-corrected chi connectivity index (χ1v) is 7.32. The van der Waals surface area contributed by atoms with Crippen LogP contribution in [0.25, 0.3) is 0 Å². The van der Waals surface area contributed by atoms with Gasteiger partial charge in [-0.1, -0.05) is 25.0 Å². The summed E-state index contributed by atoms with van der Waals surface area (Å²) >= 11 is 0. The normalized spacial score (nSPS) is 17.1. The molecular formula is C16H24N2O2. The molecule has 0 saturated heterocycles. The first-order valence-electron chi connectivity index (χ1n) is 7.32. The van der Waals surface area contributed by atoms with Crippen molar-refractivity contribution >= 4 is 11.6 Å². The van der Waals surface area contributed by atoms with Gasteiger partial charge in [-0.3, -0.25) is 4.79 Å². The minimum absolute atomic E-state index is 0.0103. The van der Waals surface area contributed by atoms with Gasteiger partial charge in [0, 0.05) is 24.3 Å². The van der Waals surface area contributed by atoms with Crippen molar-refractivity contribution in [3.05, 3.63) is 29.8 Å². The fourth-order valence-electron chi connectivity index (χ4n) is 2.88. The first kappa shape index (κ1) is 15.0. The lowest BCUT2D eigenvalue weighted by molar-refractivity contribution is -0.115. The van der Waals surface area contributed by atoms with E-state index in [4.69, 9.17) is 0 Å². The van der Waals surface area contributed by atoms with E-state index in [2.05, 4.69) is 10.6 Å². The molecule has 20 heavy (non-hydrogen) atoms. The van der Waals surface area contributed by atoms with Gasteiger partial charge in [0.25, 0.3) is 0 Å². The van der Waals surface area contributed by atoms with Gasteiger partial charge in [0.2, 0.25) is 5.91 Å². The molecule has 4 nitrogen and oxygen atoms in total. The van der Waals surface area contributed by atoms with Crippen LogP contribution in [0, 0.1) is 12.3 Å². The molecule has 1 aliphatic carbocycles. The van der Waals surface area contributed by atoms with Gasteiger partial charge in [0.15, 0.2) is 0 Å². The number of amides is 1. The van der Waals surface area contributed by atoms with Gasteiger partial charge in [-0.25, -0.2) is 0 Å². The Morgan fingerprint density at radius 2 is 2.10 bits per heavy atom. The first-order chi connectivity index (χ1) is 9.63. The van der Waals surface area contributed by atoms with Crippen molar-refractivity contribution in [2.75, 3.05) is 25.0 Å². The lowest BCUT2D eigenvalue weighted by atomic mass is 9.87. The molecule has 0 bridgehead atoms. The van der Waals surface area contributed by atoms with Gasteiger partial charge in [0.05, 0.1) is 6.54 Å². The molecule has 0 aromatic heterocycles. The van der Waals surface area contributed by atoms with E-state index in [-0.39, 0.29) is 24.5 Å². The topological polar surface area (TPSA) is 61.4 Å². The van der Waals surface area contributed by atoms with E-state index >= 15 is 0 Å². The van der Waals surface area contributed by atoms with Crippen LogP contribution in [0.2, 0.25) is 0 Å². The Kier molecular flexibility index (Phi) is 5.15. The minimum atomic E-state index is -0.0401. The van der Waals surface area contributed by atoms with Crippen molar-refractivity contribution in [1.29, 1.82) is 0 Å². The Bertz CT molecular complexity index is 454. The maximum atomic E-state index is 11.9. The van der Waals surface area contributed by atoms with Crippen LogP contribution in [0.1, 0.15) is 31.2 Å². The quantitative estimate of drug-likeness (QED) is 0.745. The van der Waals surface area contributed by atoms with Crippen LogP contribution in [-0.4, -0.2) is 30.7 Å².